The number of likely N-dealkylation sites (tertiary alicyclic amines) is 1. The lowest BCUT2D eigenvalue weighted by molar-refractivity contribution is -0.137. The smallest absolute Gasteiger partial charge is 0.339 e. The summed E-state index contributed by atoms with van der Waals surface area (Å²) in [6.07, 6.45) is 4.00. The van der Waals surface area contributed by atoms with Gasteiger partial charge in [-0.25, -0.2) is 4.79 Å². The van der Waals surface area contributed by atoms with Gasteiger partial charge in [-0.3, -0.25) is 14.6 Å². The summed E-state index contributed by atoms with van der Waals surface area (Å²) in [5.41, 5.74) is 8.53. The predicted molar refractivity (Wildman–Crippen MR) is 103 cm³/mol. The molecule has 1 aliphatic carbocycles. The highest BCUT2D eigenvalue weighted by molar-refractivity contribution is 6.05. The summed E-state index contributed by atoms with van der Waals surface area (Å²) in [5, 5.41) is 0.757. The van der Waals surface area contributed by atoms with E-state index >= 15 is 0 Å². The van der Waals surface area contributed by atoms with Crippen molar-refractivity contribution in [3.8, 4) is 0 Å². The van der Waals surface area contributed by atoms with Crippen molar-refractivity contribution in [3.05, 3.63) is 41.1 Å². The van der Waals surface area contributed by atoms with E-state index < -0.39 is 11.9 Å². The van der Waals surface area contributed by atoms with Crippen LogP contribution in [0, 0.1) is 5.92 Å². The molecule has 1 saturated heterocycles. The Morgan fingerprint density at radius 1 is 1.18 bits per heavy atom. The van der Waals surface area contributed by atoms with Crippen LogP contribution in [0.2, 0.25) is 0 Å². The molecule has 0 saturated carbocycles. The minimum absolute atomic E-state index is 0.291. The van der Waals surface area contributed by atoms with E-state index in [1.807, 2.05) is 24.3 Å². The van der Waals surface area contributed by atoms with Crippen molar-refractivity contribution in [2.24, 2.45) is 11.7 Å². The number of piperidine rings is 1. The van der Waals surface area contributed by atoms with Gasteiger partial charge in [0.15, 0.2) is 6.61 Å². The number of para-hydroxylation sites is 1. The maximum Gasteiger partial charge on any atom is 0.339 e. The van der Waals surface area contributed by atoms with E-state index in [2.05, 4.69) is 4.98 Å². The third-order valence-corrected chi connectivity index (χ3v) is 5.63. The zero-order valence-corrected chi connectivity index (χ0v) is 15.6. The fourth-order valence-corrected chi connectivity index (χ4v) is 4.17. The van der Waals surface area contributed by atoms with Gasteiger partial charge in [0.25, 0.3) is 5.91 Å². The second-order valence-electron chi connectivity index (χ2n) is 7.44. The van der Waals surface area contributed by atoms with Gasteiger partial charge in [0.2, 0.25) is 5.91 Å². The van der Waals surface area contributed by atoms with Crippen LogP contribution in [0.3, 0.4) is 0 Å². The number of fused-ring (bicyclic) bond motifs is 2. The molecule has 1 aromatic heterocycles. The number of primary amides is 1. The van der Waals surface area contributed by atoms with E-state index in [1.165, 1.54) is 0 Å². The standard InChI is InChI=1S/C21H23N3O4/c22-20(26)13-5-4-10-24(11-13)18(25)12-28-21(27)19-14-6-1-2-8-16(14)23-17-9-3-7-15(17)19/h1-2,6,8,13H,3-5,7,9-12H2,(H2,22,26)/t13-/m1/s1. The number of nitrogens with two attached hydrogens (primary N) is 1. The lowest BCUT2D eigenvalue weighted by Gasteiger charge is -2.31. The van der Waals surface area contributed by atoms with E-state index in [0.29, 0.717) is 25.1 Å². The number of carbonyl (C=O) groups excluding carboxylic acids is 3. The molecule has 7 nitrogen and oxygen atoms in total. The van der Waals surface area contributed by atoms with Gasteiger partial charge in [0.05, 0.1) is 17.0 Å². The Morgan fingerprint density at radius 2 is 2.00 bits per heavy atom. The van der Waals surface area contributed by atoms with Crippen LogP contribution in [0.4, 0.5) is 0 Å². The van der Waals surface area contributed by atoms with Crippen LogP contribution in [0.5, 0.6) is 0 Å². The van der Waals surface area contributed by atoms with E-state index in [9.17, 15) is 14.4 Å². The summed E-state index contributed by atoms with van der Waals surface area (Å²) in [4.78, 5) is 43.0. The number of carbonyl (C=O) groups is 3. The van der Waals surface area contributed by atoms with Crippen molar-refractivity contribution in [1.82, 2.24) is 9.88 Å². The Labute approximate surface area is 162 Å². The predicted octanol–water partition coefficient (Wildman–Crippen LogP) is 1.60. The number of aryl methyl sites for hydroxylation is 1. The second-order valence-corrected chi connectivity index (χ2v) is 7.44. The van der Waals surface area contributed by atoms with Crippen molar-refractivity contribution in [2.45, 2.75) is 32.1 Å². The van der Waals surface area contributed by atoms with Crippen molar-refractivity contribution in [3.63, 3.8) is 0 Å². The third-order valence-electron chi connectivity index (χ3n) is 5.63. The first-order valence-electron chi connectivity index (χ1n) is 9.69. The van der Waals surface area contributed by atoms with Gasteiger partial charge in [-0.15, -0.1) is 0 Å². The van der Waals surface area contributed by atoms with Crippen LogP contribution in [-0.2, 0) is 27.2 Å². The van der Waals surface area contributed by atoms with Gasteiger partial charge < -0.3 is 15.4 Å². The number of benzene rings is 1. The number of pyridine rings is 1. The van der Waals surface area contributed by atoms with Gasteiger partial charge in [-0.1, -0.05) is 18.2 Å². The zero-order valence-electron chi connectivity index (χ0n) is 15.6. The summed E-state index contributed by atoms with van der Waals surface area (Å²) in [6.45, 7) is 0.503. The first kappa shape index (κ1) is 18.4. The molecule has 1 aliphatic heterocycles. The molecule has 2 N–H and O–H groups in total. The van der Waals surface area contributed by atoms with Gasteiger partial charge in [0, 0.05) is 24.2 Å². The molecule has 4 rings (SSSR count). The molecule has 7 heteroatoms. The van der Waals surface area contributed by atoms with Crippen LogP contribution < -0.4 is 5.73 Å². The third kappa shape index (κ3) is 3.44. The largest absolute Gasteiger partial charge is 0.452 e. The minimum atomic E-state index is -0.492. The maximum atomic E-state index is 12.9. The summed E-state index contributed by atoms with van der Waals surface area (Å²) in [7, 11) is 0. The van der Waals surface area contributed by atoms with Crippen molar-refractivity contribution in [1.29, 1.82) is 0 Å². The molecule has 2 heterocycles. The molecule has 0 spiro atoms. The quantitative estimate of drug-likeness (QED) is 0.811. The topological polar surface area (TPSA) is 103 Å². The van der Waals surface area contributed by atoms with Crippen LogP contribution in [0.15, 0.2) is 24.3 Å². The molecule has 146 valence electrons. The van der Waals surface area contributed by atoms with Crippen molar-refractivity contribution < 1.29 is 19.1 Å². The summed E-state index contributed by atoms with van der Waals surface area (Å²) >= 11 is 0. The molecular formula is C21H23N3O4. The summed E-state index contributed by atoms with van der Waals surface area (Å²) in [5.74, 6) is -1.52. The van der Waals surface area contributed by atoms with Gasteiger partial charge >= 0.3 is 5.97 Å². The molecule has 1 fully saturated rings. The average molecular weight is 381 g/mol. The molecule has 1 aromatic carbocycles. The lowest BCUT2D eigenvalue weighted by Crippen LogP contribution is -2.45. The fraction of sp³-hybridized carbons (Fsp3) is 0.429. The average Bonchev–Trinajstić information content (AvgIpc) is 3.17. The number of amides is 2. The Hall–Kier alpha value is -2.96. The number of ether oxygens (including phenoxy) is 1. The molecule has 0 unspecified atom stereocenters. The molecule has 0 radical (unpaired) electrons. The lowest BCUT2D eigenvalue weighted by atomic mass is 9.97. The van der Waals surface area contributed by atoms with Crippen molar-refractivity contribution >= 4 is 28.7 Å². The summed E-state index contributed by atoms with van der Waals surface area (Å²) in [6, 6.07) is 7.50. The molecule has 2 aromatic rings. The van der Waals surface area contributed by atoms with Crippen molar-refractivity contribution in [2.75, 3.05) is 19.7 Å². The molecule has 2 amide bonds. The zero-order chi connectivity index (χ0) is 19.7. The highest BCUT2D eigenvalue weighted by atomic mass is 16.5. The molecule has 28 heavy (non-hydrogen) atoms. The van der Waals surface area contributed by atoms with Crippen LogP contribution in [0.25, 0.3) is 10.9 Å². The highest BCUT2D eigenvalue weighted by Crippen LogP contribution is 2.30. The first-order valence-corrected chi connectivity index (χ1v) is 9.69. The van der Waals surface area contributed by atoms with E-state index in [1.54, 1.807) is 4.90 Å². The van der Waals surface area contributed by atoms with E-state index in [4.69, 9.17) is 10.5 Å². The van der Waals surface area contributed by atoms with Gasteiger partial charge in [0.1, 0.15) is 0 Å². The minimum Gasteiger partial charge on any atom is -0.452 e. The normalized spacial score (nSPS) is 18.7. The Bertz CT molecular complexity index is 956. The Kier molecular flexibility index (Phi) is 4.98. The van der Waals surface area contributed by atoms with Crippen LogP contribution in [-0.4, -0.2) is 47.4 Å². The van der Waals surface area contributed by atoms with Crippen LogP contribution in [0.1, 0.15) is 40.9 Å². The number of hydrogen-bond acceptors (Lipinski definition) is 5. The monoisotopic (exact) mass is 381 g/mol. The maximum absolute atomic E-state index is 12.9. The number of esters is 1. The van der Waals surface area contributed by atoms with Gasteiger partial charge in [-0.2, -0.15) is 0 Å². The molecule has 2 aliphatic rings. The molecule has 0 bridgehead atoms. The number of hydrogen-bond donors (Lipinski definition) is 1. The highest BCUT2D eigenvalue weighted by Gasteiger charge is 2.29. The van der Waals surface area contributed by atoms with E-state index in [-0.39, 0.29) is 18.4 Å². The number of rotatable bonds is 4. The number of nitrogens with zero attached hydrogens (tertiary/aromatic N) is 2. The Balaban J connectivity index is 1.50. The first-order chi connectivity index (χ1) is 13.5. The second kappa shape index (κ2) is 7.58. The number of aromatic nitrogens is 1. The Morgan fingerprint density at radius 3 is 2.82 bits per heavy atom. The fourth-order valence-electron chi connectivity index (χ4n) is 4.17. The SMILES string of the molecule is NC(=O)[C@@H]1CCCN(C(=O)COC(=O)c2c3c(nc4ccccc24)CCC3)C1. The van der Waals surface area contributed by atoms with E-state index in [0.717, 1.165) is 47.8 Å². The molecular weight excluding hydrogens is 358 g/mol. The molecule has 1 atom stereocenters. The van der Waals surface area contributed by atoms with Gasteiger partial charge in [-0.05, 0) is 43.7 Å². The summed E-state index contributed by atoms with van der Waals surface area (Å²) < 4.78 is 5.40. The van der Waals surface area contributed by atoms with Crippen LogP contribution >= 0.6 is 0 Å².